The molecule has 1 amide bonds. The van der Waals surface area contributed by atoms with E-state index in [1.807, 2.05) is 12.1 Å². The van der Waals surface area contributed by atoms with Crippen molar-refractivity contribution in [3.63, 3.8) is 0 Å². The number of nitrogens with one attached hydrogen (secondary N) is 2. The normalized spacial score (nSPS) is 15.0. The predicted octanol–water partition coefficient (Wildman–Crippen LogP) is 4.28. The van der Waals surface area contributed by atoms with Crippen molar-refractivity contribution in [2.45, 2.75) is 32.6 Å². The smallest absolute Gasteiger partial charge is 0.228 e. The van der Waals surface area contributed by atoms with Crippen LogP contribution in [0, 0.1) is 5.92 Å². The molecular weight excluding hydrogens is 274 g/mol. The van der Waals surface area contributed by atoms with Crippen LogP contribution in [0.15, 0.2) is 37.1 Å². The van der Waals surface area contributed by atoms with Crippen molar-refractivity contribution in [1.82, 2.24) is 9.97 Å². The number of anilines is 1. The third kappa shape index (κ3) is 3.27. The minimum atomic E-state index is 0.0825. The van der Waals surface area contributed by atoms with Crippen LogP contribution >= 0.6 is 0 Å². The van der Waals surface area contributed by atoms with Crippen LogP contribution in [0.5, 0.6) is 0 Å². The summed E-state index contributed by atoms with van der Waals surface area (Å²) in [4.78, 5) is 19.5. The van der Waals surface area contributed by atoms with Gasteiger partial charge in [-0.1, -0.05) is 12.2 Å². The number of rotatable bonds is 6. The van der Waals surface area contributed by atoms with E-state index >= 15 is 0 Å². The van der Waals surface area contributed by atoms with E-state index in [1.54, 1.807) is 6.20 Å². The summed E-state index contributed by atoms with van der Waals surface area (Å²) in [5.74, 6) is 0.886. The van der Waals surface area contributed by atoms with E-state index in [2.05, 4.69) is 40.9 Å². The molecule has 2 aromatic rings. The largest absolute Gasteiger partial charge is 0.355 e. The van der Waals surface area contributed by atoms with Gasteiger partial charge in [-0.05, 0) is 44.2 Å². The molecule has 1 aliphatic carbocycles. The number of pyridine rings is 1. The van der Waals surface area contributed by atoms with Crippen molar-refractivity contribution in [2.75, 3.05) is 5.32 Å². The van der Waals surface area contributed by atoms with Crippen molar-refractivity contribution in [1.29, 1.82) is 0 Å². The van der Waals surface area contributed by atoms with Crippen LogP contribution in [0.3, 0.4) is 0 Å². The number of amides is 1. The first-order valence-corrected chi connectivity index (χ1v) is 7.75. The Morgan fingerprint density at radius 2 is 2.27 bits per heavy atom. The van der Waals surface area contributed by atoms with E-state index in [4.69, 9.17) is 0 Å². The van der Waals surface area contributed by atoms with Gasteiger partial charge in [0.2, 0.25) is 5.91 Å². The van der Waals surface area contributed by atoms with Crippen LogP contribution < -0.4 is 5.32 Å². The molecule has 4 nitrogen and oxygen atoms in total. The first-order chi connectivity index (χ1) is 10.7. The van der Waals surface area contributed by atoms with Gasteiger partial charge in [0.05, 0.1) is 5.52 Å². The zero-order valence-corrected chi connectivity index (χ0v) is 12.9. The zero-order chi connectivity index (χ0) is 15.5. The molecule has 0 atom stereocenters. The average molecular weight is 295 g/mol. The maximum atomic E-state index is 11.8. The number of hydrogen-bond donors (Lipinski definition) is 2. The number of unbranched alkanes of at least 4 members (excludes halogenated alkanes) is 1. The van der Waals surface area contributed by atoms with Crippen molar-refractivity contribution in [2.24, 2.45) is 5.92 Å². The molecule has 114 valence electrons. The zero-order valence-electron chi connectivity index (χ0n) is 12.9. The van der Waals surface area contributed by atoms with Gasteiger partial charge in [0.25, 0.3) is 0 Å². The van der Waals surface area contributed by atoms with E-state index in [0.717, 1.165) is 42.3 Å². The fourth-order valence-corrected chi connectivity index (χ4v) is 2.41. The van der Waals surface area contributed by atoms with Crippen molar-refractivity contribution in [3.05, 3.63) is 42.8 Å². The number of hydrogen-bond acceptors (Lipinski definition) is 2. The quantitative estimate of drug-likeness (QED) is 0.617. The summed E-state index contributed by atoms with van der Waals surface area (Å²) in [5.41, 5.74) is 3.29. The van der Waals surface area contributed by atoms with Crippen molar-refractivity contribution >= 4 is 28.2 Å². The van der Waals surface area contributed by atoms with Gasteiger partial charge in [-0.2, -0.15) is 0 Å². The molecule has 22 heavy (non-hydrogen) atoms. The van der Waals surface area contributed by atoms with Crippen molar-refractivity contribution in [3.8, 4) is 0 Å². The number of carbonyl (C=O) groups is 1. The Bertz CT molecular complexity index is 738. The average Bonchev–Trinajstić information content (AvgIpc) is 3.27. The van der Waals surface area contributed by atoms with E-state index in [9.17, 15) is 4.79 Å². The SMILES string of the molecule is C=CCC/C=C(/C)c1cc2cnc(NC(=O)C3CC3)cc2[nH]1. The lowest BCUT2D eigenvalue weighted by Gasteiger charge is -2.02. The molecule has 1 saturated carbocycles. The molecular formula is C18H21N3O. The molecule has 2 N–H and O–H groups in total. The van der Waals surface area contributed by atoms with Gasteiger partial charge in [-0.3, -0.25) is 4.79 Å². The lowest BCUT2D eigenvalue weighted by Crippen LogP contribution is -2.14. The number of aromatic amines is 1. The van der Waals surface area contributed by atoms with Gasteiger partial charge >= 0.3 is 0 Å². The highest BCUT2D eigenvalue weighted by molar-refractivity contribution is 5.95. The summed E-state index contributed by atoms with van der Waals surface area (Å²) in [6.45, 7) is 5.83. The highest BCUT2D eigenvalue weighted by Gasteiger charge is 2.29. The molecule has 2 heterocycles. The summed E-state index contributed by atoms with van der Waals surface area (Å²) < 4.78 is 0. The predicted molar refractivity (Wildman–Crippen MR) is 90.5 cm³/mol. The van der Waals surface area contributed by atoms with Crippen LogP contribution in [0.4, 0.5) is 5.82 Å². The van der Waals surface area contributed by atoms with Crippen molar-refractivity contribution < 1.29 is 4.79 Å². The highest BCUT2D eigenvalue weighted by Crippen LogP contribution is 2.30. The molecule has 2 aromatic heterocycles. The number of aromatic nitrogens is 2. The number of carbonyl (C=O) groups excluding carboxylic acids is 1. The van der Waals surface area contributed by atoms with Gasteiger partial charge in [-0.25, -0.2) is 4.98 Å². The van der Waals surface area contributed by atoms with E-state index in [1.165, 1.54) is 5.57 Å². The molecule has 1 fully saturated rings. The first kappa shape index (κ1) is 14.6. The third-order valence-corrected chi connectivity index (χ3v) is 3.95. The van der Waals surface area contributed by atoms with E-state index in [-0.39, 0.29) is 11.8 Å². The topological polar surface area (TPSA) is 57.8 Å². The molecule has 0 saturated heterocycles. The first-order valence-electron chi connectivity index (χ1n) is 7.75. The number of H-pyrrole nitrogens is 1. The number of nitrogens with zero attached hydrogens (tertiary/aromatic N) is 1. The Kier molecular flexibility index (Phi) is 4.09. The maximum absolute atomic E-state index is 11.8. The second kappa shape index (κ2) is 6.18. The Balaban J connectivity index is 1.78. The molecule has 1 aliphatic rings. The van der Waals surface area contributed by atoms with Crippen LogP contribution in [-0.2, 0) is 4.79 Å². The number of allylic oxidation sites excluding steroid dienone is 3. The van der Waals surface area contributed by atoms with Gasteiger partial charge in [-0.15, -0.1) is 6.58 Å². The maximum Gasteiger partial charge on any atom is 0.228 e. The molecule has 0 unspecified atom stereocenters. The Labute approximate surface area is 130 Å². The summed E-state index contributed by atoms with van der Waals surface area (Å²) >= 11 is 0. The third-order valence-electron chi connectivity index (χ3n) is 3.95. The Morgan fingerprint density at radius 1 is 1.45 bits per heavy atom. The summed E-state index contributed by atoms with van der Waals surface area (Å²) in [5, 5.41) is 3.93. The van der Waals surface area contributed by atoms with Gasteiger partial charge in [0.1, 0.15) is 5.82 Å². The molecule has 0 spiro atoms. The standard InChI is InChI=1S/C18H21N3O/c1-3-4-5-6-12(2)15-9-14-11-19-17(10-16(14)20-15)21-18(22)13-7-8-13/h3,6,9-11,13,20H,1,4-5,7-8H2,2H3,(H,19,21,22)/b12-6-. The summed E-state index contributed by atoms with van der Waals surface area (Å²) in [7, 11) is 0. The van der Waals surface area contributed by atoms with Crippen LogP contribution in [-0.4, -0.2) is 15.9 Å². The molecule has 3 rings (SSSR count). The molecule has 4 heteroatoms. The summed E-state index contributed by atoms with van der Waals surface area (Å²) in [6.07, 6.45) is 9.89. The van der Waals surface area contributed by atoms with Gasteiger partial charge in [0, 0.05) is 29.3 Å². The van der Waals surface area contributed by atoms with Crippen LogP contribution in [0.25, 0.3) is 16.5 Å². The molecule has 0 aliphatic heterocycles. The van der Waals surface area contributed by atoms with Gasteiger partial charge < -0.3 is 10.3 Å². The van der Waals surface area contributed by atoms with Gasteiger partial charge in [0.15, 0.2) is 0 Å². The second-order valence-corrected chi connectivity index (χ2v) is 5.86. The van der Waals surface area contributed by atoms with Crippen LogP contribution in [0.1, 0.15) is 38.3 Å². The number of fused-ring (bicyclic) bond motifs is 1. The van der Waals surface area contributed by atoms with E-state index < -0.39 is 0 Å². The van der Waals surface area contributed by atoms with Crippen LogP contribution in [0.2, 0.25) is 0 Å². The minimum Gasteiger partial charge on any atom is -0.355 e. The lowest BCUT2D eigenvalue weighted by molar-refractivity contribution is -0.117. The molecule has 0 radical (unpaired) electrons. The van der Waals surface area contributed by atoms with E-state index in [0.29, 0.717) is 5.82 Å². The highest BCUT2D eigenvalue weighted by atomic mass is 16.2. The molecule has 0 aromatic carbocycles. The Hall–Kier alpha value is -2.36. The minimum absolute atomic E-state index is 0.0825. The fraction of sp³-hybridized carbons (Fsp3) is 0.333. The second-order valence-electron chi connectivity index (χ2n) is 5.86. The molecule has 0 bridgehead atoms. The Morgan fingerprint density at radius 3 is 3.00 bits per heavy atom. The summed E-state index contributed by atoms with van der Waals surface area (Å²) in [6, 6.07) is 3.99. The lowest BCUT2D eigenvalue weighted by atomic mass is 10.1. The fourth-order valence-electron chi connectivity index (χ4n) is 2.41. The monoisotopic (exact) mass is 295 g/mol.